The Morgan fingerprint density at radius 2 is 2.00 bits per heavy atom. The number of hydrogen-bond donors (Lipinski definition) is 0. The van der Waals surface area contributed by atoms with E-state index in [-0.39, 0.29) is 30.0 Å². The first-order valence-corrected chi connectivity index (χ1v) is 12.8. The normalized spacial score (nSPS) is 32.0. The van der Waals surface area contributed by atoms with Gasteiger partial charge >= 0.3 is 0 Å². The van der Waals surface area contributed by atoms with Crippen LogP contribution in [0, 0.1) is 16.7 Å². The van der Waals surface area contributed by atoms with Crippen molar-refractivity contribution in [3.8, 4) is 0 Å². The van der Waals surface area contributed by atoms with E-state index >= 15 is 0 Å². The number of methoxy groups -OCH3 is 1. The van der Waals surface area contributed by atoms with Gasteiger partial charge in [0.1, 0.15) is 12.9 Å². The molecule has 4 nitrogen and oxygen atoms in total. The van der Waals surface area contributed by atoms with Gasteiger partial charge in [0.15, 0.2) is 5.78 Å². The highest BCUT2D eigenvalue weighted by atomic mass is 28.3. The standard InChI is InChI=1S/C19H34O4Si/c1-18(2)15-8-9-19(18,17(20)16(15)23-14-21-3)10-12-22-11-7-13-24(4,5)6/h10,12,15-16H,7-9,11,13-14H2,1-6H3/b12-10-/t15-,16+,19+/m1/s1. The molecule has 0 radical (unpaired) electrons. The second-order valence-electron chi connectivity index (χ2n) is 9.03. The van der Waals surface area contributed by atoms with E-state index in [2.05, 4.69) is 33.5 Å². The number of carbonyl (C=O) groups is 1. The lowest BCUT2D eigenvalue weighted by atomic mass is 9.69. The summed E-state index contributed by atoms with van der Waals surface area (Å²) in [6.07, 6.45) is 6.45. The van der Waals surface area contributed by atoms with Gasteiger partial charge in [-0.3, -0.25) is 4.79 Å². The van der Waals surface area contributed by atoms with Gasteiger partial charge in [-0.1, -0.05) is 39.5 Å². The molecule has 2 bridgehead atoms. The molecule has 2 aliphatic rings. The Morgan fingerprint density at radius 3 is 2.62 bits per heavy atom. The second-order valence-corrected chi connectivity index (χ2v) is 14.7. The van der Waals surface area contributed by atoms with Gasteiger partial charge in [0.2, 0.25) is 0 Å². The summed E-state index contributed by atoms with van der Waals surface area (Å²) in [7, 11) is 0.589. The molecule has 0 unspecified atom stereocenters. The Labute approximate surface area is 147 Å². The van der Waals surface area contributed by atoms with Gasteiger partial charge in [0, 0.05) is 15.2 Å². The summed E-state index contributed by atoms with van der Waals surface area (Å²) in [4.78, 5) is 13.0. The van der Waals surface area contributed by atoms with Crippen molar-refractivity contribution >= 4 is 13.9 Å². The predicted octanol–water partition coefficient (Wildman–Crippen LogP) is 4.24. The van der Waals surface area contributed by atoms with Crippen LogP contribution in [-0.4, -0.2) is 40.5 Å². The molecule has 0 amide bonds. The van der Waals surface area contributed by atoms with Gasteiger partial charge in [-0.25, -0.2) is 0 Å². The van der Waals surface area contributed by atoms with Gasteiger partial charge in [-0.2, -0.15) is 0 Å². The molecule has 2 rings (SSSR count). The summed E-state index contributed by atoms with van der Waals surface area (Å²) in [6.45, 7) is 12.4. The smallest absolute Gasteiger partial charge is 0.172 e. The molecule has 24 heavy (non-hydrogen) atoms. The average Bonchev–Trinajstić information content (AvgIpc) is 2.82. The third-order valence-corrected chi connectivity index (χ3v) is 7.85. The zero-order valence-electron chi connectivity index (χ0n) is 16.2. The van der Waals surface area contributed by atoms with Crippen LogP contribution < -0.4 is 0 Å². The Morgan fingerprint density at radius 1 is 1.29 bits per heavy atom. The van der Waals surface area contributed by atoms with Crippen molar-refractivity contribution in [2.24, 2.45) is 16.7 Å². The van der Waals surface area contributed by atoms with Crippen molar-refractivity contribution in [3.05, 3.63) is 12.3 Å². The first-order chi connectivity index (χ1) is 11.2. The Balaban J connectivity index is 1.97. The van der Waals surface area contributed by atoms with Gasteiger partial charge < -0.3 is 14.2 Å². The van der Waals surface area contributed by atoms with E-state index in [0.29, 0.717) is 0 Å². The summed E-state index contributed by atoms with van der Waals surface area (Å²) in [5.74, 6) is 0.458. The van der Waals surface area contributed by atoms with Crippen LogP contribution in [0.2, 0.25) is 25.7 Å². The van der Waals surface area contributed by atoms with Crippen LogP contribution in [0.3, 0.4) is 0 Å². The van der Waals surface area contributed by atoms with Crippen molar-refractivity contribution in [1.29, 1.82) is 0 Å². The first-order valence-electron chi connectivity index (χ1n) is 9.10. The van der Waals surface area contributed by atoms with Crippen molar-refractivity contribution < 1.29 is 19.0 Å². The second kappa shape index (κ2) is 7.30. The van der Waals surface area contributed by atoms with Gasteiger partial charge in [0.05, 0.1) is 18.3 Å². The number of ketones is 1. The zero-order valence-corrected chi connectivity index (χ0v) is 17.2. The van der Waals surface area contributed by atoms with Crippen LogP contribution in [0.4, 0.5) is 0 Å². The van der Waals surface area contributed by atoms with E-state index in [1.807, 2.05) is 6.08 Å². The van der Waals surface area contributed by atoms with Crippen LogP contribution >= 0.6 is 0 Å². The van der Waals surface area contributed by atoms with Crippen molar-refractivity contribution in [2.75, 3.05) is 20.5 Å². The fourth-order valence-electron chi connectivity index (χ4n) is 4.44. The molecule has 0 aliphatic heterocycles. The summed E-state index contributed by atoms with van der Waals surface area (Å²) in [6, 6.07) is 1.27. The van der Waals surface area contributed by atoms with E-state index in [4.69, 9.17) is 14.2 Å². The van der Waals surface area contributed by atoms with E-state index in [1.54, 1.807) is 13.4 Å². The minimum absolute atomic E-state index is 0.0966. The monoisotopic (exact) mass is 354 g/mol. The van der Waals surface area contributed by atoms with Gasteiger partial charge in [-0.15, -0.1) is 0 Å². The third-order valence-electron chi connectivity index (χ3n) is 5.99. The maximum absolute atomic E-state index is 13.0. The molecule has 0 aromatic rings. The molecule has 2 saturated carbocycles. The highest BCUT2D eigenvalue weighted by Gasteiger charge is 2.68. The van der Waals surface area contributed by atoms with Crippen LogP contribution in [0.5, 0.6) is 0 Å². The number of allylic oxidation sites excluding steroid dienone is 1. The van der Waals surface area contributed by atoms with E-state index < -0.39 is 13.5 Å². The molecule has 2 aliphatic carbocycles. The molecule has 0 aromatic heterocycles. The first kappa shape index (κ1) is 19.7. The van der Waals surface area contributed by atoms with E-state index in [1.165, 1.54) is 6.04 Å². The molecule has 0 aromatic carbocycles. The highest BCUT2D eigenvalue weighted by molar-refractivity contribution is 6.76. The quantitative estimate of drug-likeness (QED) is 0.269. The Kier molecular flexibility index (Phi) is 5.98. The van der Waals surface area contributed by atoms with Crippen LogP contribution in [0.1, 0.15) is 33.1 Å². The molecule has 0 heterocycles. The molecular weight excluding hydrogens is 320 g/mol. The van der Waals surface area contributed by atoms with E-state index in [9.17, 15) is 4.79 Å². The molecule has 5 heteroatoms. The molecule has 0 N–H and O–H groups in total. The lowest BCUT2D eigenvalue weighted by Crippen LogP contribution is -2.37. The summed E-state index contributed by atoms with van der Waals surface area (Å²) in [5, 5.41) is 0. The maximum Gasteiger partial charge on any atom is 0.172 e. The SMILES string of the molecule is COCO[C@@H]1C(=O)[C@@]2(/C=C\OCCC[Si](C)(C)C)CC[C@H]1C2(C)C. The minimum Gasteiger partial charge on any atom is -0.502 e. The molecular formula is C19H34O4Si. The highest BCUT2D eigenvalue weighted by Crippen LogP contribution is 2.65. The molecule has 138 valence electrons. The Hall–Kier alpha value is -0.653. The van der Waals surface area contributed by atoms with Gasteiger partial charge in [-0.05, 0) is 36.7 Å². The molecule has 2 fully saturated rings. The fourth-order valence-corrected chi connectivity index (χ4v) is 5.64. The van der Waals surface area contributed by atoms with Crippen LogP contribution in [-0.2, 0) is 19.0 Å². The lowest BCUT2D eigenvalue weighted by molar-refractivity contribution is -0.146. The fraction of sp³-hybridized carbons (Fsp3) is 0.842. The third kappa shape index (κ3) is 3.63. The molecule has 3 atom stereocenters. The predicted molar refractivity (Wildman–Crippen MR) is 98.6 cm³/mol. The number of fused-ring (bicyclic) bond motifs is 2. The van der Waals surface area contributed by atoms with E-state index in [0.717, 1.165) is 25.9 Å². The summed E-state index contributed by atoms with van der Waals surface area (Å²) in [5.41, 5.74) is -0.546. The van der Waals surface area contributed by atoms with Gasteiger partial charge in [0.25, 0.3) is 0 Å². The zero-order chi connectivity index (χ0) is 18.0. The summed E-state index contributed by atoms with van der Waals surface area (Å²) >= 11 is 0. The van der Waals surface area contributed by atoms with Crippen molar-refractivity contribution in [1.82, 2.24) is 0 Å². The van der Waals surface area contributed by atoms with Crippen molar-refractivity contribution in [2.45, 2.75) is 64.9 Å². The lowest BCUT2D eigenvalue weighted by Gasteiger charge is -2.33. The minimum atomic E-state index is -1.00. The maximum atomic E-state index is 13.0. The number of carbonyl (C=O) groups excluding carboxylic acids is 1. The Bertz CT molecular complexity index is 480. The number of rotatable bonds is 9. The summed E-state index contributed by atoms with van der Waals surface area (Å²) < 4.78 is 16.4. The topological polar surface area (TPSA) is 44.8 Å². The van der Waals surface area contributed by atoms with Crippen LogP contribution in [0.15, 0.2) is 12.3 Å². The van der Waals surface area contributed by atoms with Crippen molar-refractivity contribution in [3.63, 3.8) is 0 Å². The average molecular weight is 355 g/mol. The molecule has 0 saturated heterocycles. The number of ether oxygens (including phenoxy) is 3. The largest absolute Gasteiger partial charge is 0.502 e. The molecule has 0 spiro atoms. The number of Topliss-reactive ketones (excluding diaryl/α,β-unsaturated/α-hetero) is 1. The number of hydrogen-bond acceptors (Lipinski definition) is 4. The van der Waals surface area contributed by atoms with Crippen LogP contribution in [0.25, 0.3) is 0 Å².